The summed E-state index contributed by atoms with van der Waals surface area (Å²) >= 11 is 0. The highest BCUT2D eigenvalue weighted by atomic mass is 16.3. The summed E-state index contributed by atoms with van der Waals surface area (Å²) in [6.07, 6.45) is 5.32. The molecule has 0 spiro atoms. The minimum absolute atomic E-state index is 0.399. The van der Waals surface area contributed by atoms with Gasteiger partial charge >= 0.3 is 0 Å². The summed E-state index contributed by atoms with van der Waals surface area (Å²) in [7, 11) is 0. The molecule has 3 aromatic heterocycles. The Morgan fingerprint density at radius 2 is 1.78 bits per heavy atom. The van der Waals surface area contributed by atoms with Crippen molar-refractivity contribution in [1.82, 2.24) is 19.6 Å². The van der Waals surface area contributed by atoms with Crippen LogP contribution in [0.3, 0.4) is 0 Å². The van der Waals surface area contributed by atoms with Crippen molar-refractivity contribution in [2.24, 2.45) is 0 Å². The number of anilines is 1. The van der Waals surface area contributed by atoms with Crippen molar-refractivity contribution in [2.45, 2.75) is 19.4 Å². The molecule has 27 heavy (non-hydrogen) atoms. The largest absolute Gasteiger partial charge is 0.389 e. The van der Waals surface area contributed by atoms with Crippen LogP contribution in [0, 0.1) is 0 Å². The molecule has 6 nitrogen and oxygen atoms in total. The van der Waals surface area contributed by atoms with Gasteiger partial charge in [0.1, 0.15) is 0 Å². The monoisotopic (exact) mass is 359 g/mol. The highest BCUT2D eigenvalue weighted by Crippen LogP contribution is 2.28. The first kappa shape index (κ1) is 17.2. The number of imidazole rings is 1. The first-order valence-corrected chi connectivity index (χ1v) is 8.82. The van der Waals surface area contributed by atoms with Gasteiger partial charge in [0, 0.05) is 30.1 Å². The second kappa shape index (κ2) is 6.81. The number of rotatable bonds is 5. The molecule has 136 valence electrons. The summed E-state index contributed by atoms with van der Waals surface area (Å²) in [6, 6.07) is 15.9. The summed E-state index contributed by atoms with van der Waals surface area (Å²) < 4.78 is 1.85. The molecule has 0 aliphatic rings. The average molecular weight is 359 g/mol. The highest BCUT2D eigenvalue weighted by molar-refractivity contribution is 5.77. The van der Waals surface area contributed by atoms with Crippen LogP contribution in [0.15, 0.2) is 67.1 Å². The van der Waals surface area contributed by atoms with Gasteiger partial charge in [0.15, 0.2) is 5.65 Å². The molecule has 0 bridgehead atoms. The molecule has 0 aliphatic carbocycles. The Hall–Kier alpha value is -3.25. The van der Waals surface area contributed by atoms with Crippen molar-refractivity contribution in [1.29, 1.82) is 0 Å². The minimum atomic E-state index is -0.841. The van der Waals surface area contributed by atoms with E-state index >= 15 is 0 Å². The van der Waals surface area contributed by atoms with Crippen LogP contribution >= 0.6 is 0 Å². The fourth-order valence-corrected chi connectivity index (χ4v) is 2.88. The molecule has 0 radical (unpaired) electrons. The SMILES string of the molecule is CC(C)(O)CNc1cc(-c2ccncc2)nn2c(-c3ccccc3)cnc12. The van der Waals surface area contributed by atoms with Crippen molar-refractivity contribution in [3.8, 4) is 22.5 Å². The van der Waals surface area contributed by atoms with E-state index in [-0.39, 0.29) is 0 Å². The van der Waals surface area contributed by atoms with E-state index in [0.29, 0.717) is 6.54 Å². The number of nitrogens with zero attached hydrogens (tertiary/aromatic N) is 4. The van der Waals surface area contributed by atoms with Crippen molar-refractivity contribution < 1.29 is 5.11 Å². The third-order valence-corrected chi connectivity index (χ3v) is 4.22. The fraction of sp³-hybridized carbons (Fsp3) is 0.190. The first-order chi connectivity index (χ1) is 13.0. The van der Waals surface area contributed by atoms with Crippen LogP contribution in [0.2, 0.25) is 0 Å². The van der Waals surface area contributed by atoms with Gasteiger partial charge in [-0.1, -0.05) is 30.3 Å². The average Bonchev–Trinajstić information content (AvgIpc) is 3.11. The van der Waals surface area contributed by atoms with Crippen LogP contribution < -0.4 is 5.32 Å². The van der Waals surface area contributed by atoms with Crippen molar-refractivity contribution >= 4 is 11.3 Å². The van der Waals surface area contributed by atoms with E-state index in [0.717, 1.165) is 33.8 Å². The predicted molar refractivity (Wildman–Crippen MR) is 106 cm³/mol. The van der Waals surface area contributed by atoms with E-state index in [1.807, 2.05) is 59.2 Å². The van der Waals surface area contributed by atoms with Crippen molar-refractivity contribution in [3.05, 3.63) is 67.1 Å². The van der Waals surface area contributed by atoms with Gasteiger partial charge < -0.3 is 10.4 Å². The Kier molecular flexibility index (Phi) is 4.33. The Morgan fingerprint density at radius 3 is 2.48 bits per heavy atom. The smallest absolute Gasteiger partial charge is 0.177 e. The van der Waals surface area contributed by atoms with Crippen LogP contribution in [0.1, 0.15) is 13.8 Å². The van der Waals surface area contributed by atoms with E-state index in [9.17, 15) is 5.11 Å². The topological polar surface area (TPSA) is 75.3 Å². The molecule has 3 heterocycles. The normalized spacial score (nSPS) is 11.7. The highest BCUT2D eigenvalue weighted by Gasteiger charge is 2.17. The number of benzene rings is 1. The van der Waals surface area contributed by atoms with Crippen LogP contribution in [0.25, 0.3) is 28.2 Å². The zero-order valence-electron chi connectivity index (χ0n) is 15.3. The molecule has 0 saturated heterocycles. The summed E-state index contributed by atoms with van der Waals surface area (Å²) in [5.41, 5.74) is 4.42. The molecule has 1 aromatic carbocycles. The third-order valence-electron chi connectivity index (χ3n) is 4.22. The lowest BCUT2D eigenvalue weighted by Gasteiger charge is -2.19. The Bertz CT molecular complexity index is 1050. The number of hydrogen-bond donors (Lipinski definition) is 2. The number of pyridine rings is 1. The van der Waals surface area contributed by atoms with E-state index in [1.165, 1.54) is 0 Å². The van der Waals surface area contributed by atoms with Gasteiger partial charge in [-0.05, 0) is 32.0 Å². The number of aliphatic hydroxyl groups is 1. The Labute approximate surface area is 157 Å². The molecule has 0 unspecified atom stereocenters. The van der Waals surface area contributed by atoms with Gasteiger partial charge in [-0.25, -0.2) is 9.50 Å². The van der Waals surface area contributed by atoms with Gasteiger partial charge in [-0.3, -0.25) is 4.98 Å². The quantitative estimate of drug-likeness (QED) is 0.569. The number of nitrogens with one attached hydrogen (secondary N) is 1. The van der Waals surface area contributed by atoms with Gasteiger partial charge in [0.2, 0.25) is 0 Å². The van der Waals surface area contributed by atoms with Crippen LogP contribution in [-0.4, -0.2) is 36.8 Å². The molecular formula is C21H21N5O. The lowest BCUT2D eigenvalue weighted by Crippen LogP contribution is -2.29. The maximum atomic E-state index is 10.1. The molecule has 6 heteroatoms. The maximum absolute atomic E-state index is 10.1. The standard InChI is InChI=1S/C21H21N5O/c1-21(2,27)14-24-18-12-17(15-8-10-22-11-9-15)25-26-19(13-23-20(18)26)16-6-4-3-5-7-16/h3-13,24,27H,14H2,1-2H3. The maximum Gasteiger partial charge on any atom is 0.177 e. The summed E-state index contributed by atoms with van der Waals surface area (Å²) in [6.45, 7) is 3.93. The van der Waals surface area contributed by atoms with Gasteiger partial charge in [0.25, 0.3) is 0 Å². The fourth-order valence-electron chi connectivity index (χ4n) is 2.88. The predicted octanol–water partition coefficient (Wildman–Crippen LogP) is 3.64. The van der Waals surface area contributed by atoms with E-state index < -0.39 is 5.60 Å². The summed E-state index contributed by atoms with van der Waals surface area (Å²) in [5, 5.41) is 18.2. The Morgan fingerprint density at radius 1 is 1.04 bits per heavy atom. The van der Waals surface area contributed by atoms with E-state index in [4.69, 9.17) is 5.10 Å². The number of fused-ring (bicyclic) bond motifs is 1. The zero-order chi connectivity index (χ0) is 18.9. The lowest BCUT2D eigenvalue weighted by atomic mass is 10.1. The minimum Gasteiger partial charge on any atom is -0.389 e. The van der Waals surface area contributed by atoms with Crippen LogP contribution in [0.5, 0.6) is 0 Å². The molecule has 4 aromatic rings. The third kappa shape index (κ3) is 3.66. The number of aromatic nitrogens is 4. The molecule has 0 aliphatic heterocycles. The van der Waals surface area contributed by atoms with E-state index in [2.05, 4.69) is 15.3 Å². The molecule has 4 rings (SSSR count). The van der Waals surface area contributed by atoms with Crippen LogP contribution in [0.4, 0.5) is 5.69 Å². The van der Waals surface area contributed by atoms with Crippen LogP contribution in [-0.2, 0) is 0 Å². The Balaban J connectivity index is 1.89. The van der Waals surface area contributed by atoms with Gasteiger partial charge in [-0.15, -0.1) is 0 Å². The molecule has 0 saturated carbocycles. The molecule has 2 N–H and O–H groups in total. The van der Waals surface area contributed by atoms with Crippen molar-refractivity contribution in [2.75, 3.05) is 11.9 Å². The molecule has 0 fully saturated rings. The second-order valence-electron chi connectivity index (χ2n) is 7.09. The number of hydrogen-bond acceptors (Lipinski definition) is 5. The summed E-state index contributed by atoms with van der Waals surface area (Å²) in [5.74, 6) is 0. The molecular weight excluding hydrogens is 338 g/mol. The summed E-state index contributed by atoms with van der Waals surface area (Å²) in [4.78, 5) is 8.66. The van der Waals surface area contributed by atoms with Gasteiger partial charge in [-0.2, -0.15) is 5.10 Å². The molecule has 0 atom stereocenters. The van der Waals surface area contributed by atoms with E-state index in [1.54, 1.807) is 26.2 Å². The first-order valence-electron chi connectivity index (χ1n) is 8.82. The van der Waals surface area contributed by atoms with Crippen molar-refractivity contribution in [3.63, 3.8) is 0 Å². The van der Waals surface area contributed by atoms with Gasteiger partial charge in [0.05, 0.1) is 28.9 Å². The molecule has 0 amide bonds. The zero-order valence-corrected chi connectivity index (χ0v) is 15.3. The lowest BCUT2D eigenvalue weighted by molar-refractivity contribution is 0.0945. The second-order valence-corrected chi connectivity index (χ2v) is 7.09.